The predicted octanol–water partition coefficient (Wildman–Crippen LogP) is 0.388. The van der Waals surface area contributed by atoms with E-state index in [1.165, 1.54) is 7.11 Å². The Morgan fingerprint density at radius 3 is 3.09 bits per heavy atom. The van der Waals surface area contributed by atoms with E-state index in [-0.39, 0.29) is 5.97 Å². The Morgan fingerprint density at radius 2 is 2.64 bits per heavy atom. The van der Waals surface area contributed by atoms with Crippen LogP contribution in [0.2, 0.25) is 0 Å². The Kier molecular flexibility index (Phi) is 2.56. The number of ether oxygens (including phenoxy) is 1. The highest BCUT2D eigenvalue weighted by molar-refractivity contribution is 7.08. The summed E-state index contributed by atoms with van der Waals surface area (Å²) in [5.74, 6) is -0.359. The van der Waals surface area contributed by atoms with Gasteiger partial charge < -0.3 is 10.5 Å². The van der Waals surface area contributed by atoms with Gasteiger partial charge in [-0.15, -0.1) is 0 Å². The molecule has 1 aromatic heterocycles. The molecule has 5 heteroatoms. The Hall–Kier alpha value is -0.940. The lowest BCUT2D eigenvalue weighted by Gasteiger charge is -1.89. The van der Waals surface area contributed by atoms with Gasteiger partial charge in [0.1, 0.15) is 4.88 Å². The molecule has 1 rings (SSSR count). The zero-order valence-corrected chi connectivity index (χ0v) is 6.85. The maximum atomic E-state index is 10.9. The number of nitrogens with zero attached hydrogens (tertiary/aromatic N) is 1. The number of rotatable bonds is 2. The standard InChI is InChI=1S/C6H8N2O2S/c1-10-6(9)5-2-4(3-7)8-11-5/h2H,3,7H2,1H3. The molecule has 60 valence electrons. The van der Waals surface area contributed by atoms with Gasteiger partial charge in [0.15, 0.2) is 0 Å². The van der Waals surface area contributed by atoms with Gasteiger partial charge in [-0.2, -0.15) is 4.37 Å². The number of nitrogens with two attached hydrogens (primary N) is 1. The predicted molar refractivity (Wildman–Crippen MR) is 41.3 cm³/mol. The molecular weight excluding hydrogens is 164 g/mol. The second kappa shape index (κ2) is 3.45. The highest BCUT2D eigenvalue weighted by Gasteiger charge is 2.08. The molecule has 0 radical (unpaired) electrons. The molecule has 0 saturated heterocycles. The van der Waals surface area contributed by atoms with E-state index < -0.39 is 0 Å². The van der Waals surface area contributed by atoms with Crippen LogP contribution in [-0.4, -0.2) is 17.5 Å². The number of hydrogen-bond acceptors (Lipinski definition) is 5. The van der Waals surface area contributed by atoms with Crippen molar-refractivity contribution in [3.63, 3.8) is 0 Å². The van der Waals surface area contributed by atoms with Crippen LogP contribution in [0.25, 0.3) is 0 Å². The van der Waals surface area contributed by atoms with E-state index in [1.807, 2.05) is 0 Å². The molecule has 0 atom stereocenters. The molecule has 0 bridgehead atoms. The minimum Gasteiger partial charge on any atom is -0.465 e. The fourth-order valence-electron chi connectivity index (χ4n) is 0.605. The summed E-state index contributed by atoms with van der Waals surface area (Å²) in [6.07, 6.45) is 0. The third-order valence-corrected chi connectivity index (χ3v) is 1.96. The van der Waals surface area contributed by atoms with E-state index in [4.69, 9.17) is 5.73 Å². The van der Waals surface area contributed by atoms with Crippen molar-refractivity contribution in [2.24, 2.45) is 5.73 Å². The van der Waals surface area contributed by atoms with E-state index in [2.05, 4.69) is 9.11 Å². The van der Waals surface area contributed by atoms with E-state index in [0.717, 1.165) is 17.2 Å². The number of carbonyl (C=O) groups is 1. The second-order valence-electron chi connectivity index (χ2n) is 1.88. The third kappa shape index (κ3) is 1.75. The number of carbonyl (C=O) groups excluding carboxylic acids is 1. The molecule has 0 aliphatic heterocycles. The van der Waals surface area contributed by atoms with Crippen LogP contribution in [0.15, 0.2) is 6.07 Å². The fraction of sp³-hybridized carbons (Fsp3) is 0.333. The Balaban J connectivity index is 2.80. The van der Waals surface area contributed by atoms with Gasteiger partial charge in [0.2, 0.25) is 0 Å². The second-order valence-corrected chi connectivity index (χ2v) is 2.68. The van der Waals surface area contributed by atoms with E-state index in [1.54, 1.807) is 6.07 Å². The van der Waals surface area contributed by atoms with Crippen LogP contribution in [0, 0.1) is 0 Å². The van der Waals surface area contributed by atoms with Crippen molar-refractivity contribution < 1.29 is 9.53 Å². The monoisotopic (exact) mass is 172 g/mol. The molecule has 0 aliphatic carbocycles. The Labute approximate surface area is 68.1 Å². The minimum atomic E-state index is -0.359. The van der Waals surface area contributed by atoms with Crippen molar-refractivity contribution in [2.75, 3.05) is 7.11 Å². The van der Waals surface area contributed by atoms with Gasteiger partial charge in [0.05, 0.1) is 12.8 Å². The summed E-state index contributed by atoms with van der Waals surface area (Å²) in [6.45, 7) is 0.355. The molecule has 1 heterocycles. The summed E-state index contributed by atoms with van der Waals surface area (Å²) in [5.41, 5.74) is 6.01. The van der Waals surface area contributed by atoms with E-state index in [9.17, 15) is 4.79 Å². The van der Waals surface area contributed by atoms with Crippen molar-refractivity contribution in [1.29, 1.82) is 0 Å². The Bertz CT molecular complexity index is 259. The summed E-state index contributed by atoms with van der Waals surface area (Å²) in [7, 11) is 1.34. The fourth-order valence-corrected chi connectivity index (χ4v) is 1.29. The molecule has 0 spiro atoms. The average Bonchev–Trinajstić information content (AvgIpc) is 2.50. The quantitative estimate of drug-likeness (QED) is 0.655. The van der Waals surface area contributed by atoms with Gasteiger partial charge in [-0.05, 0) is 17.6 Å². The highest BCUT2D eigenvalue weighted by atomic mass is 32.1. The van der Waals surface area contributed by atoms with Gasteiger partial charge in [0, 0.05) is 6.54 Å². The normalized spacial score (nSPS) is 9.64. The van der Waals surface area contributed by atoms with Gasteiger partial charge in [0.25, 0.3) is 0 Å². The van der Waals surface area contributed by atoms with Crippen molar-refractivity contribution in [3.05, 3.63) is 16.6 Å². The maximum absolute atomic E-state index is 10.9. The van der Waals surface area contributed by atoms with Crippen LogP contribution in [0.5, 0.6) is 0 Å². The van der Waals surface area contributed by atoms with Crippen molar-refractivity contribution in [2.45, 2.75) is 6.54 Å². The van der Waals surface area contributed by atoms with Crippen LogP contribution in [-0.2, 0) is 11.3 Å². The molecule has 1 aromatic rings. The molecule has 2 N–H and O–H groups in total. The molecule has 0 amide bonds. The lowest BCUT2D eigenvalue weighted by molar-refractivity contribution is 0.0606. The third-order valence-electron chi connectivity index (χ3n) is 1.15. The lowest BCUT2D eigenvalue weighted by atomic mass is 10.4. The molecule has 0 unspecified atom stereocenters. The smallest absolute Gasteiger partial charge is 0.349 e. The summed E-state index contributed by atoms with van der Waals surface area (Å²) in [4.78, 5) is 11.3. The molecule has 0 aromatic carbocycles. The van der Waals surface area contributed by atoms with Gasteiger partial charge >= 0.3 is 5.97 Å². The number of aromatic nitrogens is 1. The molecule has 0 aliphatic rings. The van der Waals surface area contributed by atoms with E-state index >= 15 is 0 Å². The average molecular weight is 172 g/mol. The topological polar surface area (TPSA) is 65.2 Å². The molecule has 11 heavy (non-hydrogen) atoms. The van der Waals surface area contributed by atoms with Crippen molar-refractivity contribution in [1.82, 2.24) is 4.37 Å². The molecule has 0 saturated carbocycles. The first kappa shape index (κ1) is 8.16. The summed E-state index contributed by atoms with van der Waals surface area (Å²) in [6, 6.07) is 1.64. The largest absolute Gasteiger partial charge is 0.465 e. The zero-order chi connectivity index (χ0) is 8.27. The highest BCUT2D eigenvalue weighted by Crippen LogP contribution is 2.10. The van der Waals surface area contributed by atoms with Gasteiger partial charge in [-0.25, -0.2) is 4.79 Å². The summed E-state index contributed by atoms with van der Waals surface area (Å²) in [5, 5.41) is 0. The van der Waals surface area contributed by atoms with Gasteiger partial charge in [-0.1, -0.05) is 0 Å². The molecule has 4 nitrogen and oxygen atoms in total. The first-order valence-electron chi connectivity index (χ1n) is 3.02. The summed E-state index contributed by atoms with van der Waals surface area (Å²) < 4.78 is 8.40. The minimum absolute atomic E-state index is 0.355. The molecule has 0 fully saturated rings. The molecular formula is C6H8N2O2S. The Morgan fingerprint density at radius 1 is 1.91 bits per heavy atom. The lowest BCUT2D eigenvalue weighted by Crippen LogP contribution is -1.98. The van der Waals surface area contributed by atoms with Crippen LogP contribution in [0.4, 0.5) is 0 Å². The van der Waals surface area contributed by atoms with Crippen LogP contribution in [0.1, 0.15) is 15.4 Å². The number of methoxy groups -OCH3 is 1. The van der Waals surface area contributed by atoms with Crippen LogP contribution in [0.3, 0.4) is 0 Å². The maximum Gasteiger partial charge on any atom is 0.349 e. The van der Waals surface area contributed by atoms with Crippen LogP contribution < -0.4 is 5.73 Å². The summed E-state index contributed by atoms with van der Waals surface area (Å²) >= 11 is 1.10. The van der Waals surface area contributed by atoms with E-state index in [0.29, 0.717) is 11.4 Å². The first-order valence-corrected chi connectivity index (χ1v) is 3.79. The van der Waals surface area contributed by atoms with Crippen molar-refractivity contribution >= 4 is 17.5 Å². The number of esters is 1. The van der Waals surface area contributed by atoms with Gasteiger partial charge in [-0.3, -0.25) is 0 Å². The number of hydrogen-bond donors (Lipinski definition) is 1. The first-order chi connectivity index (χ1) is 5.27. The van der Waals surface area contributed by atoms with Crippen LogP contribution >= 0.6 is 11.5 Å². The van der Waals surface area contributed by atoms with Crippen molar-refractivity contribution in [3.8, 4) is 0 Å². The zero-order valence-electron chi connectivity index (χ0n) is 6.03. The SMILES string of the molecule is COC(=O)c1cc(CN)ns1.